The van der Waals surface area contributed by atoms with Crippen LogP contribution in [0.3, 0.4) is 0 Å². The van der Waals surface area contributed by atoms with Gasteiger partial charge in [0, 0.05) is 37.6 Å². The maximum absolute atomic E-state index is 14.0. The highest BCUT2D eigenvalue weighted by Crippen LogP contribution is 2.22. The maximum Gasteiger partial charge on any atom is 0.280 e. The summed E-state index contributed by atoms with van der Waals surface area (Å²) in [6.07, 6.45) is 4.31. The molecule has 2 aliphatic rings. The minimum absolute atomic E-state index is 0.177. The second kappa shape index (κ2) is 8.26. The van der Waals surface area contributed by atoms with Gasteiger partial charge < -0.3 is 15.1 Å². The summed E-state index contributed by atoms with van der Waals surface area (Å²) < 4.78 is 14.0. The molecular weight excluding hydrogens is 379 g/mol. The van der Waals surface area contributed by atoms with Crippen LogP contribution in [-0.4, -0.2) is 53.9 Å². The molecule has 4 rings (SSSR count). The molecule has 0 unspecified atom stereocenters. The number of carbonyl (C=O) groups is 2. The van der Waals surface area contributed by atoms with Crippen LogP contribution in [0.25, 0.3) is 0 Å². The van der Waals surface area contributed by atoms with Crippen LogP contribution in [0.2, 0.25) is 0 Å². The third-order valence-corrected chi connectivity index (χ3v) is 6.21. The second-order valence-electron chi connectivity index (χ2n) is 7.22. The van der Waals surface area contributed by atoms with Crippen molar-refractivity contribution in [2.75, 3.05) is 31.1 Å². The molecule has 2 amide bonds. The first kappa shape index (κ1) is 18.9. The van der Waals surface area contributed by atoms with Gasteiger partial charge in [0.2, 0.25) is 0 Å². The summed E-state index contributed by atoms with van der Waals surface area (Å²) in [5, 5.41) is 4.98. The van der Waals surface area contributed by atoms with Crippen molar-refractivity contribution >= 4 is 28.8 Å². The molecule has 1 N–H and O–H groups in total. The Bertz CT molecular complexity index is 857. The molecule has 148 valence electrons. The summed E-state index contributed by atoms with van der Waals surface area (Å²) in [5.74, 6) is -0.621. The molecule has 1 aliphatic heterocycles. The summed E-state index contributed by atoms with van der Waals surface area (Å²) in [4.78, 5) is 33.0. The maximum atomic E-state index is 14.0. The number of hydrogen-bond donors (Lipinski definition) is 1. The Labute approximate surface area is 167 Å². The van der Waals surface area contributed by atoms with E-state index < -0.39 is 0 Å². The predicted octanol–water partition coefficient (Wildman–Crippen LogP) is 2.92. The van der Waals surface area contributed by atoms with Crippen LogP contribution in [0.1, 0.15) is 46.0 Å². The van der Waals surface area contributed by atoms with E-state index in [-0.39, 0.29) is 23.7 Å². The van der Waals surface area contributed by atoms with E-state index in [9.17, 15) is 14.0 Å². The Hall–Kier alpha value is -2.48. The first-order chi connectivity index (χ1) is 13.6. The molecule has 2 heterocycles. The number of carbonyl (C=O) groups excluding carboxylic acids is 2. The van der Waals surface area contributed by atoms with Gasteiger partial charge in [-0.15, -0.1) is 11.3 Å². The van der Waals surface area contributed by atoms with Crippen LogP contribution in [0.15, 0.2) is 29.6 Å². The molecule has 1 saturated heterocycles. The number of hydrogen-bond acceptors (Lipinski definition) is 5. The zero-order chi connectivity index (χ0) is 19.5. The Morgan fingerprint density at radius 2 is 1.82 bits per heavy atom. The number of anilines is 1. The third kappa shape index (κ3) is 4.01. The van der Waals surface area contributed by atoms with Crippen molar-refractivity contribution in [3.8, 4) is 0 Å². The topological polar surface area (TPSA) is 65.5 Å². The number of benzene rings is 1. The van der Waals surface area contributed by atoms with Crippen LogP contribution >= 0.6 is 11.3 Å². The Kier molecular flexibility index (Phi) is 5.57. The monoisotopic (exact) mass is 402 g/mol. The minimum atomic E-state index is -0.250. The molecule has 1 aromatic carbocycles. The number of nitrogens with zero attached hydrogens (tertiary/aromatic N) is 3. The average molecular weight is 402 g/mol. The minimum Gasteiger partial charge on any atom is -0.366 e. The zero-order valence-electron chi connectivity index (χ0n) is 15.6. The van der Waals surface area contributed by atoms with Gasteiger partial charge in [-0.3, -0.25) is 9.59 Å². The predicted molar refractivity (Wildman–Crippen MR) is 106 cm³/mol. The van der Waals surface area contributed by atoms with Gasteiger partial charge in [-0.25, -0.2) is 9.37 Å². The molecule has 0 bridgehead atoms. The molecular formula is C20H23FN4O2S. The van der Waals surface area contributed by atoms with Crippen molar-refractivity contribution in [2.45, 2.75) is 31.7 Å². The van der Waals surface area contributed by atoms with Gasteiger partial charge in [0.05, 0.1) is 5.69 Å². The van der Waals surface area contributed by atoms with Crippen LogP contribution < -0.4 is 10.2 Å². The fourth-order valence-electron chi connectivity index (χ4n) is 3.81. The second-order valence-corrected chi connectivity index (χ2v) is 8.08. The van der Waals surface area contributed by atoms with E-state index in [1.165, 1.54) is 17.4 Å². The van der Waals surface area contributed by atoms with E-state index in [1.807, 2.05) is 11.0 Å². The lowest BCUT2D eigenvalue weighted by atomic mass is 10.2. The van der Waals surface area contributed by atoms with Gasteiger partial charge in [0.1, 0.15) is 11.5 Å². The van der Waals surface area contributed by atoms with Crippen LogP contribution in [0.4, 0.5) is 10.1 Å². The number of amides is 2. The number of nitrogens with one attached hydrogen (secondary N) is 1. The van der Waals surface area contributed by atoms with Crippen LogP contribution in [-0.2, 0) is 0 Å². The standard InChI is InChI=1S/C20H23FN4O2S/c21-15-7-3-4-8-17(15)24-9-11-25(12-10-24)20(27)16-13-28-19(23-16)18(26)22-14-5-1-2-6-14/h3-4,7-8,13-14H,1-2,5-6,9-12H2,(H,22,26). The smallest absolute Gasteiger partial charge is 0.280 e. The molecule has 8 heteroatoms. The average Bonchev–Trinajstić information content (AvgIpc) is 3.40. The number of thiazole rings is 1. The van der Waals surface area contributed by atoms with E-state index in [2.05, 4.69) is 10.3 Å². The Morgan fingerprint density at radius 1 is 1.11 bits per heavy atom. The van der Waals surface area contributed by atoms with Gasteiger partial charge in [0.15, 0.2) is 5.01 Å². The van der Waals surface area contributed by atoms with Crippen LogP contribution in [0, 0.1) is 5.82 Å². The molecule has 0 atom stereocenters. The Balaban J connectivity index is 1.35. The van der Waals surface area contributed by atoms with E-state index in [0.29, 0.717) is 42.6 Å². The van der Waals surface area contributed by atoms with E-state index in [1.54, 1.807) is 22.4 Å². The van der Waals surface area contributed by atoms with Gasteiger partial charge in [-0.2, -0.15) is 0 Å². The lowest BCUT2D eigenvalue weighted by Crippen LogP contribution is -2.49. The lowest BCUT2D eigenvalue weighted by Gasteiger charge is -2.35. The lowest BCUT2D eigenvalue weighted by molar-refractivity contribution is 0.0741. The third-order valence-electron chi connectivity index (χ3n) is 5.37. The number of piperazine rings is 1. The zero-order valence-corrected chi connectivity index (χ0v) is 16.4. The Morgan fingerprint density at radius 3 is 2.54 bits per heavy atom. The van der Waals surface area contributed by atoms with Crippen molar-refractivity contribution in [2.24, 2.45) is 0 Å². The van der Waals surface area contributed by atoms with Gasteiger partial charge in [0.25, 0.3) is 11.8 Å². The van der Waals surface area contributed by atoms with E-state index in [0.717, 1.165) is 25.7 Å². The normalized spacial score (nSPS) is 17.8. The van der Waals surface area contributed by atoms with E-state index in [4.69, 9.17) is 0 Å². The van der Waals surface area contributed by atoms with Crippen molar-refractivity contribution < 1.29 is 14.0 Å². The molecule has 2 aromatic rings. The largest absolute Gasteiger partial charge is 0.366 e. The van der Waals surface area contributed by atoms with Crippen LogP contribution in [0.5, 0.6) is 0 Å². The summed E-state index contributed by atoms with van der Waals surface area (Å²) >= 11 is 1.20. The van der Waals surface area contributed by atoms with Gasteiger partial charge >= 0.3 is 0 Å². The molecule has 6 nitrogen and oxygen atoms in total. The van der Waals surface area contributed by atoms with E-state index >= 15 is 0 Å². The highest BCUT2D eigenvalue weighted by molar-refractivity contribution is 7.11. The fourth-order valence-corrected chi connectivity index (χ4v) is 4.51. The molecule has 0 radical (unpaired) electrons. The first-order valence-corrected chi connectivity index (χ1v) is 10.5. The first-order valence-electron chi connectivity index (χ1n) is 9.67. The number of halogens is 1. The van der Waals surface area contributed by atoms with Gasteiger partial charge in [-0.05, 0) is 25.0 Å². The molecule has 2 fully saturated rings. The molecule has 1 aromatic heterocycles. The summed E-state index contributed by atoms with van der Waals surface area (Å²) in [5.41, 5.74) is 0.870. The molecule has 28 heavy (non-hydrogen) atoms. The van der Waals surface area contributed by atoms with Gasteiger partial charge in [-0.1, -0.05) is 25.0 Å². The molecule has 1 aliphatic carbocycles. The number of para-hydroxylation sites is 1. The SMILES string of the molecule is O=C(NC1CCCC1)c1nc(C(=O)N2CCN(c3ccccc3F)CC2)cs1. The number of rotatable bonds is 4. The summed E-state index contributed by atoms with van der Waals surface area (Å²) in [6, 6.07) is 6.90. The van der Waals surface area contributed by atoms with Crippen molar-refractivity contribution in [3.05, 3.63) is 46.2 Å². The number of aromatic nitrogens is 1. The molecule has 1 saturated carbocycles. The van der Waals surface area contributed by atoms with Crippen molar-refractivity contribution in [3.63, 3.8) is 0 Å². The fraction of sp³-hybridized carbons (Fsp3) is 0.450. The van der Waals surface area contributed by atoms with Crippen molar-refractivity contribution in [1.29, 1.82) is 0 Å². The summed E-state index contributed by atoms with van der Waals surface area (Å²) in [7, 11) is 0. The highest BCUT2D eigenvalue weighted by atomic mass is 32.1. The summed E-state index contributed by atoms with van der Waals surface area (Å²) in [6.45, 7) is 2.11. The quantitative estimate of drug-likeness (QED) is 0.854. The highest BCUT2D eigenvalue weighted by Gasteiger charge is 2.26. The van der Waals surface area contributed by atoms with Crippen molar-refractivity contribution in [1.82, 2.24) is 15.2 Å². The molecule has 0 spiro atoms.